The number of benzene rings is 1. The Hall–Kier alpha value is -0.910. The maximum Gasteiger partial charge on any atom is 0.192 e. The molecule has 0 unspecified atom stereocenters. The van der Waals surface area contributed by atoms with Crippen molar-refractivity contribution in [1.29, 1.82) is 0 Å². The van der Waals surface area contributed by atoms with Gasteiger partial charge in [-0.2, -0.15) is 0 Å². The summed E-state index contributed by atoms with van der Waals surface area (Å²) in [6, 6.07) is 6.14. The third-order valence-corrected chi connectivity index (χ3v) is 4.00. The lowest BCUT2D eigenvalue weighted by atomic mass is 10.1. The fraction of sp³-hybridized carbons (Fsp3) is 0.231. The van der Waals surface area contributed by atoms with E-state index in [1.54, 1.807) is 0 Å². The minimum Gasteiger partial charge on any atom is -0.324 e. The van der Waals surface area contributed by atoms with Gasteiger partial charge in [0.15, 0.2) is 5.16 Å². The maximum atomic E-state index is 5.87. The van der Waals surface area contributed by atoms with Crippen LogP contribution in [0.1, 0.15) is 24.1 Å². The molecule has 1 heterocycles. The van der Waals surface area contributed by atoms with E-state index in [1.807, 2.05) is 44.4 Å². The van der Waals surface area contributed by atoms with Gasteiger partial charge in [-0.05, 0) is 48.9 Å². The van der Waals surface area contributed by atoms with Gasteiger partial charge in [-0.1, -0.05) is 22.0 Å². The van der Waals surface area contributed by atoms with E-state index < -0.39 is 0 Å². The van der Waals surface area contributed by atoms with Crippen molar-refractivity contribution < 1.29 is 0 Å². The molecule has 5 heteroatoms. The van der Waals surface area contributed by atoms with E-state index in [9.17, 15) is 0 Å². The summed E-state index contributed by atoms with van der Waals surface area (Å²) in [5, 5.41) is 0.751. The van der Waals surface area contributed by atoms with Crippen LogP contribution in [-0.4, -0.2) is 9.97 Å². The number of nitrogens with zero attached hydrogens (tertiary/aromatic N) is 2. The second kappa shape index (κ2) is 5.82. The molecule has 0 radical (unpaired) electrons. The predicted molar refractivity (Wildman–Crippen MR) is 77.6 cm³/mol. The average molecular weight is 324 g/mol. The number of halogens is 1. The van der Waals surface area contributed by atoms with Crippen molar-refractivity contribution in [3.05, 3.63) is 46.2 Å². The quantitative estimate of drug-likeness (QED) is 0.874. The zero-order valence-corrected chi connectivity index (χ0v) is 12.6. The topological polar surface area (TPSA) is 51.8 Å². The average Bonchev–Trinajstić information content (AvgIpc) is 2.32. The summed E-state index contributed by atoms with van der Waals surface area (Å²) in [4.78, 5) is 9.64. The highest BCUT2D eigenvalue weighted by Gasteiger charge is 2.07. The highest BCUT2D eigenvalue weighted by Crippen LogP contribution is 2.30. The molecule has 0 amide bonds. The van der Waals surface area contributed by atoms with E-state index in [1.165, 1.54) is 11.8 Å². The van der Waals surface area contributed by atoms with Crippen LogP contribution in [0.3, 0.4) is 0 Å². The minimum absolute atomic E-state index is 0.0223. The molecule has 1 atom stereocenters. The van der Waals surface area contributed by atoms with Crippen LogP contribution in [0.25, 0.3) is 0 Å². The predicted octanol–water partition coefficient (Wildman–Crippen LogP) is 3.72. The lowest BCUT2D eigenvalue weighted by Gasteiger charge is -2.09. The second-order valence-electron chi connectivity index (χ2n) is 4.12. The standard InChI is InChI=1S/C13H14BrN3S/c1-8-6-16-13(17-7-8)18-10-3-4-11(9(2)15)12(14)5-10/h3-7,9H,15H2,1-2H3/t9-/m0/s1. The van der Waals surface area contributed by atoms with Crippen molar-refractivity contribution in [3.8, 4) is 0 Å². The highest BCUT2D eigenvalue weighted by atomic mass is 79.9. The third kappa shape index (κ3) is 3.31. The molecule has 0 bridgehead atoms. The summed E-state index contributed by atoms with van der Waals surface area (Å²) >= 11 is 5.08. The van der Waals surface area contributed by atoms with Gasteiger partial charge in [0.25, 0.3) is 0 Å². The lowest BCUT2D eigenvalue weighted by molar-refractivity contribution is 0.811. The third-order valence-electron chi connectivity index (χ3n) is 2.43. The van der Waals surface area contributed by atoms with Gasteiger partial charge in [0.2, 0.25) is 0 Å². The van der Waals surface area contributed by atoms with Crippen molar-refractivity contribution in [1.82, 2.24) is 9.97 Å². The van der Waals surface area contributed by atoms with E-state index in [0.29, 0.717) is 0 Å². The fourth-order valence-electron chi connectivity index (χ4n) is 1.48. The lowest BCUT2D eigenvalue weighted by Crippen LogP contribution is -2.05. The molecule has 18 heavy (non-hydrogen) atoms. The molecule has 2 rings (SSSR count). The summed E-state index contributed by atoms with van der Waals surface area (Å²) in [5.74, 6) is 0. The van der Waals surface area contributed by atoms with Gasteiger partial charge in [0.1, 0.15) is 0 Å². The molecule has 2 aromatic rings. The maximum absolute atomic E-state index is 5.87. The number of aromatic nitrogens is 2. The molecule has 0 aliphatic rings. The van der Waals surface area contributed by atoms with Crippen LogP contribution in [0.15, 0.2) is 45.1 Å². The van der Waals surface area contributed by atoms with Crippen molar-refractivity contribution in [3.63, 3.8) is 0 Å². The van der Waals surface area contributed by atoms with Crippen LogP contribution in [0.4, 0.5) is 0 Å². The summed E-state index contributed by atoms with van der Waals surface area (Å²) < 4.78 is 1.02. The van der Waals surface area contributed by atoms with E-state index in [0.717, 1.165) is 25.7 Å². The van der Waals surface area contributed by atoms with Crippen LogP contribution in [0, 0.1) is 6.92 Å². The Kier molecular flexibility index (Phi) is 4.37. The van der Waals surface area contributed by atoms with E-state index in [-0.39, 0.29) is 6.04 Å². The molecule has 0 saturated heterocycles. The summed E-state index contributed by atoms with van der Waals surface area (Å²) in [6.07, 6.45) is 3.64. The summed E-state index contributed by atoms with van der Waals surface area (Å²) in [6.45, 7) is 3.94. The molecule has 0 fully saturated rings. The van der Waals surface area contributed by atoms with Crippen molar-refractivity contribution in [2.24, 2.45) is 5.73 Å². The van der Waals surface area contributed by atoms with Gasteiger partial charge in [-0.3, -0.25) is 0 Å². The Labute approximate surface area is 119 Å². The number of hydrogen-bond donors (Lipinski definition) is 1. The van der Waals surface area contributed by atoms with Crippen LogP contribution in [-0.2, 0) is 0 Å². The largest absolute Gasteiger partial charge is 0.324 e. The molecule has 0 saturated carbocycles. The van der Waals surface area contributed by atoms with Crippen molar-refractivity contribution in [2.45, 2.75) is 29.9 Å². The molecular weight excluding hydrogens is 310 g/mol. The van der Waals surface area contributed by atoms with Gasteiger partial charge in [-0.25, -0.2) is 9.97 Å². The SMILES string of the molecule is Cc1cnc(Sc2ccc([C@H](C)N)c(Br)c2)nc1. The van der Waals surface area contributed by atoms with E-state index in [2.05, 4.69) is 25.9 Å². The first-order chi connectivity index (χ1) is 8.56. The Balaban J connectivity index is 2.20. The fourth-order valence-corrected chi connectivity index (χ4v) is 3.11. The molecule has 3 nitrogen and oxygen atoms in total. The Morgan fingerprint density at radius 2 is 1.94 bits per heavy atom. The number of hydrogen-bond acceptors (Lipinski definition) is 4. The first-order valence-electron chi connectivity index (χ1n) is 5.58. The molecule has 2 N–H and O–H groups in total. The first-order valence-corrected chi connectivity index (χ1v) is 7.19. The summed E-state index contributed by atoms with van der Waals surface area (Å²) in [7, 11) is 0. The van der Waals surface area contributed by atoms with E-state index in [4.69, 9.17) is 5.73 Å². The molecule has 94 valence electrons. The molecular formula is C13H14BrN3S. The minimum atomic E-state index is 0.0223. The first kappa shape index (κ1) is 13.5. The van der Waals surface area contributed by atoms with Crippen LogP contribution in [0.2, 0.25) is 0 Å². The smallest absolute Gasteiger partial charge is 0.192 e. The van der Waals surface area contributed by atoms with Gasteiger partial charge in [-0.15, -0.1) is 0 Å². The Morgan fingerprint density at radius 1 is 1.28 bits per heavy atom. The van der Waals surface area contributed by atoms with Crippen LogP contribution < -0.4 is 5.73 Å². The molecule has 0 aliphatic carbocycles. The zero-order valence-electron chi connectivity index (χ0n) is 10.2. The number of nitrogens with two attached hydrogens (primary N) is 1. The van der Waals surface area contributed by atoms with Crippen LogP contribution in [0.5, 0.6) is 0 Å². The van der Waals surface area contributed by atoms with Crippen LogP contribution >= 0.6 is 27.7 Å². The number of aryl methyl sites for hydroxylation is 1. The molecule has 0 aliphatic heterocycles. The van der Waals surface area contributed by atoms with Gasteiger partial charge in [0.05, 0.1) is 0 Å². The molecule has 0 spiro atoms. The van der Waals surface area contributed by atoms with E-state index >= 15 is 0 Å². The van der Waals surface area contributed by atoms with Gasteiger partial charge < -0.3 is 5.73 Å². The Bertz CT molecular complexity index is 540. The van der Waals surface area contributed by atoms with Gasteiger partial charge in [0, 0.05) is 27.8 Å². The molecule has 1 aromatic carbocycles. The van der Waals surface area contributed by atoms with Gasteiger partial charge >= 0.3 is 0 Å². The summed E-state index contributed by atoms with van der Waals surface area (Å²) in [5.41, 5.74) is 8.04. The second-order valence-corrected chi connectivity index (χ2v) is 6.01. The van der Waals surface area contributed by atoms with Crippen molar-refractivity contribution in [2.75, 3.05) is 0 Å². The normalized spacial score (nSPS) is 12.4. The zero-order chi connectivity index (χ0) is 13.1. The monoisotopic (exact) mass is 323 g/mol. The Morgan fingerprint density at radius 3 is 2.50 bits per heavy atom. The number of rotatable bonds is 3. The van der Waals surface area contributed by atoms with Crippen molar-refractivity contribution >= 4 is 27.7 Å². The highest BCUT2D eigenvalue weighted by molar-refractivity contribution is 9.10. The molecule has 1 aromatic heterocycles.